The lowest BCUT2D eigenvalue weighted by Gasteiger charge is -2.19. The van der Waals surface area contributed by atoms with Crippen molar-refractivity contribution >= 4 is 23.5 Å². The second-order valence-corrected chi connectivity index (χ2v) is 7.04. The summed E-state index contributed by atoms with van der Waals surface area (Å²) in [6, 6.07) is 14.5. The fraction of sp³-hybridized carbons (Fsp3) is 0.136. The third-order valence-corrected chi connectivity index (χ3v) is 4.76. The Bertz CT molecular complexity index is 1120. The number of aliphatic carboxylic acids is 1. The third kappa shape index (κ3) is 5.61. The summed E-state index contributed by atoms with van der Waals surface area (Å²) in [4.78, 5) is 28.3. The molecule has 1 aromatic heterocycles. The zero-order valence-electron chi connectivity index (χ0n) is 15.9. The van der Waals surface area contributed by atoms with Crippen LogP contribution in [0.15, 0.2) is 66.7 Å². The minimum Gasteiger partial charge on any atom is -0.481 e. The predicted octanol–water partition coefficient (Wildman–Crippen LogP) is 5.37. The van der Waals surface area contributed by atoms with Crippen LogP contribution in [0, 0.1) is 0 Å². The fourth-order valence-electron chi connectivity index (χ4n) is 2.97. The highest BCUT2D eigenvalue weighted by atomic mass is 35.5. The topological polar surface area (TPSA) is 79.3 Å². The van der Waals surface area contributed by atoms with Crippen molar-refractivity contribution in [3.05, 3.63) is 88.6 Å². The monoisotopic (exact) mass is 448 g/mol. The van der Waals surface area contributed by atoms with Crippen molar-refractivity contribution in [2.75, 3.05) is 0 Å². The Labute approximate surface area is 180 Å². The average molecular weight is 449 g/mol. The molecule has 0 fully saturated rings. The molecule has 160 valence electrons. The molecule has 0 saturated carbocycles. The first-order chi connectivity index (χ1) is 14.6. The summed E-state index contributed by atoms with van der Waals surface area (Å²) in [7, 11) is 0. The van der Waals surface area contributed by atoms with Gasteiger partial charge in [-0.25, -0.2) is 4.98 Å². The lowest BCUT2D eigenvalue weighted by Crippen LogP contribution is -2.31. The molecule has 0 saturated heterocycles. The number of hydrogen-bond donors (Lipinski definition) is 2. The van der Waals surface area contributed by atoms with E-state index in [1.54, 1.807) is 36.4 Å². The Kier molecular flexibility index (Phi) is 6.60. The van der Waals surface area contributed by atoms with Crippen molar-refractivity contribution in [3.8, 4) is 11.3 Å². The van der Waals surface area contributed by atoms with Gasteiger partial charge in [-0.3, -0.25) is 9.59 Å². The van der Waals surface area contributed by atoms with Crippen LogP contribution in [-0.2, 0) is 11.0 Å². The maximum Gasteiger partial charge on any atom is 0.416 e. The number of carboxylic acid groups (broad SMARTS) is 1. The van der Waals surface area contributed by atoms with Gasteiger partial charge in [0, 0.05) is 10.6 Å². The Balaban J connectivity index is 1.89. The number of pyridine rings is 1. The first-order valence-electron chi connectivity index (χ1n) is 9.07. The molecule has 3 rings (SSSR count). The second kappa shape index (κ2) is 9.18. The van der Waals surface area contributed by atoms with Crippen molar-refractivity contribution < 1.29 is 27.9 Å². The molecule has 0 spiro atoms. The van der Waals surface area contributed by atoms with E-state index in [4.69, 9.17) is 11.6 Å². The number of alkyl halides is 3. The molecule has 0 aliphatic carbocycles. The maximum atomic E-state index is 13.0. The lowest BCUT2D eigenvalue weighted by molar-refractivity contribution is -0.138. The second-order valence-electron chi connectivity index (χ2n) is 6.64. The number of carbonyl (C=O) groups is 2. The van der Waals surface area contributed by atoms with Crippen LogP contribution in [0.1, 0.15) is 34.1 Å². The summed E-state index contributed by atoms with van der Waals surface area (Å²) in [5.74, 6) is -2.00. The summed E-state index contributed by atoms with van der Waals surface area (Å²) in [5.41, 5.74) is 0.0759. The van der Waals surface area contributed by atoms with Crippen LogP contribution in [0.4, 0.5) is 13.2 Å². The van der Waals surface area contributed by atoms with Crippen LogP contribution in [0.3, 0.4) is 0 Å². The summed E-state index contributed by atoms with van der Waals surface area (Å²) in [6.45, 7) is 0. The zero-order valence-corrected chi connectivity index (χ0v) is 16.6. The van der Waals surface area contributed by atoms with E-state index in [9.17, 15) is 27.9 Å². The van der Waals surface area contributed by atoms with Crippen molar-refractivity contribution in [1.29, 1.82) is 0 Å². The number of amides is 1. The Morgan fingerprint density at radius 3 is 2.42 bits per heavy atom. The normalized spacial score (nSPS) is 12.3. The Hall–Kier alpha value is -3.39. The average Bonchev–Trinajstić information content (AvgIpc) is 2.73. The van der Waals surface area contributed by atoms with E-state index in [1.807, 2.05) is 0 Å². The smallest absolute Gasteiger partial charge is 0.416 e. The number of nitrogens with one attached hydrogen (secondary N) is 1. The number of carboxylic acids is 1. The number of benzene rings is 2. The molecule has 5 nitrogen and oxygen atoms in total. The van der Waals surface area contributed by atoms with Gasteiger partial charge in [0.2, 0.25) is 0 Å². The standard InChI is InChI=1S/C22H16ClF3N2O3/c23-16-8-2-1-7-15(16)17-9-4-10-18(27-17)21(31)28-19(12-20(29)30)13-5-3-6-14(11-13)22(24,25)26/h1-11,19H,12H2,(H,28,31)(H,29,30). The number of aromatic nitrogens is 1. The van der Waals surface area contributed by atoms with Crippen LogP contribution >= 0.6 is 11.6 Å². The van der Waals surface area contributed by atoms with E-state index < -0.39 is 36.1 Å². The molecule has 2 aromatic carbocycles. The van der Waals surface area contributed by atoms with Crippen molar-refractivity contribution in [2.24, 2.45) is 0 Å². The van der Waals surface area contributed by atoms with Gasteiger partial charge in [-0.15, -0.1) is 0 Å². The van der Waals surface area contributed by atoms with Crippen LogP contribution in [0.5, 0.6) is 0 Å². The van der Waals surface area contributed by atoms with Gasteiger partial charge >= 0.3 is 12.1 Å². The molecule has 0 aliphatic rings. The van der Waals surface area contributed by atoms with E-state index >= 15 is 0 Å². The number of carbonyl (C=O) groups excluding carboxylic acids is 1. The third-order valence-electron chi connectivity index (χ3n) is 4.43. The Morgan fingerprint density at radius 2 is 1.74 bits per heavy atom. The van der Waals surface area contributed by atoms with Crippen LogP contribution in [0.2, 0.25) is 5.02 Å². The van der Waals surface area contributed by atoms with Crippen LogP contribution in [0.25, 0.3) is 11.3 Å². The molecule has 1 atom stereocenters. The molecular weight excluding hydrogens is 433 g/mol. The number of halogens is 4. The molecular formula is C22H16ClF3N2O3. The van der Waals surface area contributed by atoms with Gasteiger partial charge in [-0.05, 0) is 35.9 Å². The molecule has 0 radical (unpaired) electrons. The van der Waals surface area contributed by atoms with E-state index in [0.717, 1.165) is 18.2 Å². The van der Waals surface area contributed by atoms with E-state index in [2.05, 4.69) is 10.3 Å². The van der Waals surface area contributed by atoms with Gasteiger partial charge < -0.3 is 10.4 Å². The minimum absolute atomic E-state index is 0.0211. The molecule has 1 heterocycles. The van der Waals surface area contributed by atoms with E-state index in [1.165, 1.54) is 12.1 Å². The maximum absolute atomic E-state index is 13.0. The van der Waals surface area contributed by atoms with E-state index in [-0.39, 0.29) is 11.3 Å². The minimum atomic E-state index is -4.60. The summed E-state index contributed by atoms with van der Waals surface area (Å²) >= 11 is 6.17. The molecule has 3 aromatic rings. The van der Waals surface area contributed by atoms with Gasteiger partial charge in [0.25, 0.3) is 5.91 Å². The predicted molar refractivity (Wildman–Crippen MR) is 109 cm³/mol. The quantitative estimate of drug-likeness (QED) is 0.531. The number of rotatable bonds is 6. The number of hydrogen-bond acceptors (Lipinski definition) is 3. The molecule has 9 heteroatoms. The molecule has 2 N–H and O–H groups in total. The van der Waals surface area contributed by atoms with Crippen LogP contribution < -0.4 is 5.32 Å². The van der Waals surface area contributed by atoms with Crippen molar-refractivity contribution in [3.63, 3.8) is 0 Å². The first kappa shape index (κ1) is 22.3. The fourth-order valence-corrected chi connectivity index (χ4v) is 3.20. The molecule has 1 unspecified atom stereocenters. The highest BCUT2D eigenvalue weighted by molar-refractivity contribution is 6.33. The lowest BCUT2D eigenvalue weighted by atomic mass is 10.0. The molecule has 0 aliphatic heterocycles. The molecule has 0 bridgehead atoms. The Morgan fingerprint density at radius 1 is 1.03 bits per heavy atom. The van der Waals surface area contributed by atoms with Crippen molar-refractivity contribution in [2.45, 2.75) is 18.6 Å². The van der Waals surface area contributed by atoms with Gasteiger partial charge in [0.15, 0.2) is 0 Å². The van der Waals surface area contributed by atoms with Crippen molar-refractivity contribution in [1.82, 2.24) is 10.3 Å². The van der Waals surface area contributed by atoms with Gasteiger partial charge in [0.05, 0.1) is 23.7 Å². The first-order valence-corrected chi connectivity index (χ1v) is 9.44. The largest absolute Gasteiger partial charge is 0.481 e. The summed E-state index contributed by atoms with van der Waals surface area (Å²) < 4.78 is 39.1. The van der Waals surface area contributed by atoms with Gasteiger partial charge in [-0.1, -0.05) is 48.0 Å². The summed E-state index contributed by atoms with van der Waals surface area (Å²) in [6.07, 6.45) is -5.20. The van der Waals surface area contributed by atoms with Gasteiger partial charge in [0.1, 0.15) is 5.69 Å². The van der Waals surface area contributed by atoms with E-state index in [0.29, 0.717) is 16.3 Å². The molecule has 31 heavy (non-hydrogen) atoms. The summed E-state index contributed by atoms with van der Waals surface area (Å²) in [5, 5.41) is 12.1. The number of nitrogens with zero attached hydrogens (tertiary/aromatic N) is 1. The highest BCUT2D eigenvalue weighted by Gasteiger charge is 2.31. The van der Waals surface area contributed by atoms with Gasteiger partial charge in [-0.2, -0.15) is 13.2 Å². The van der Waals surface area contributed by atoms with Crippen LogP contribution in [-0.4, -0.2) is 22.0 Å². The molecule has 1 amide bonds. The zero-order chi connectivity index (χ0) is 22.6. The SMILES string of the molecule is O=C(O)CC(NC(=O)c1cccc(-c2ccccc2Cl)n1)c1cccc(C(F)(F)F)c1. The highest BCUT2D eigenvalue weighted by Crippen LogP contribution is 2.31.